The molecule has 0 spiro atoms. The number of halogens is 1. The zero-order chi connectivity index (χ0) is 23.0. The number of sulfonamides is 1. The number of phenols is 1. The Morgan fingerprint density at radius 1 is 0.848 bits per heavy atom. The van der Waals surface area contributed by atoms with Gasteiger partial charge < -0.3 is 5.11 Å². The van der Waals surface area contributed by atoms with Crippen molar-refractivity contribution in [3.05, 3.63) is 95.6 Å². The van der Waals surface area contributed by atoms with E-state index in [4.69, 9.17) is 0 Å². The molecule has 1 heterocycles. The summed E-state index contributed by atoms with van der Waals surface area (Å²) in [6.45, 7) is 0. The van der Waals surface area contributed by atoms with Gasteiger partial charge in [-0.25, -0.2) is 8.42 Å². The number of anilines is 1. The first-order valence-corrected chi connectivity index (χ1v) is 13.1. The lowest BCUT2D eigenvalue weighted by Crippen LogP contribution is -2.14. The number of nitrogens with one attached hydrogen (secondary N) is 1. The number of phenolic OH excluding ortho intramolecular Hbond substituents is 1. The summed E-state index contributed by atoms with van der Waals surface area (Å²) in [5, 5.41) is 13.2. The molecule has 0 amide bonds. The van der Waals surface area contributed by atoms with E-state index in [1.165, 1.54) is 17.8 Å². The summed E-state index contributed by atoms with van der Waals surface area (Å²) in [7, 11) is -3.87. The van der Waals surface area contributed by atoms with Crippen LogP contribution in [0, 0.1) is 0 Å². The highest BCUT2D eigenvalue weighted by atomic mass is 79.9. The number of benzene rings is 4. The maximum absolute atomic E-state index is 13.2. The monoisotopic (exact) mass is 536 g/mol. The lowest BCUT2D eigenvalue weighted by molar-refractivity contribution is 0.469. The summed E-state index contributed by atoms with van der Waals surface area (Å²) in [6, 6.07) is 25.2. The Bertz CT molecular complexity index is 1620. The van der Waals surface area contributed by atoms with Crippen molar-refractivity contribution in [3.63, 3.8) is 0 Å². The molecule has 0 bridgehead atoms. The Hall–Kier alpha value is -3.07. The Morgan fingerprint density at radius 3 is 2.39 bits per heavy atom. The minimum atomic E-state index is -3.87. The van der Waals surface area contributed by atoms with Crippen molar-refractivity contribution >= 4 is 65.1 Å². The van der Waals surface area contributed by atoms with Crippen LogP contribution < -0.4 is 4.72 Å². The quantitative estimate of drug-likeness (QED) is 0.241. The number of hydrogen-bond donors (Lipinski definition) is 2. The number of rotatable bonds is 5. The molecule has 5 aromatic rings. The van der Waals surface area contributed by atoms with Gasteiger partial charge in [0.05, 0.1) is 16.1 Å². The molecular formula is C25H17BrN2O3S2. The molecule has 0 fully saturated rings. The van der Waals surface area contributed by atoms with E-state index >= 15 is 0 Å². The highest BCUT2D eigenvalue weighted by Gasteiger charge is 2.21. The number of hydrogen-bond acceptors (Lipinski definition) is 5. The summed E-state index contributed by atoms with van der Waals surface area (Å²) >= 11 is 4.66. The van der Waals surface area contributed by atoms with E-state index in [2.05, 4.69) is 25.6 Å². The van der Waals surface area contributed by atoms with Gasteiger partial charge in [-0.05, 0) is 46.3 Å². The highest BCUT2D eigenvalue weighted by Crippen LogP contribution is 2.44. The molecule has 0 radical (unpaired) electrons. The summed E-state index contributed by atoms with van der Waals surface area (Å²) in [5.41, 5.74) is 1.20. The second-order valence-electron chi connectivity index (χ2n) is 7.29. The van der Waals surface area contributed by atoms with Crippen LogP contribution in [-0.2, 0) is 10.0 Å². The van der Waals surface area contributed by atoms with Crippen LogP contribution >= 0.6 is 27.7 Å². The average molecular weight is 537 g/mol. The van der Waals surface area contributed by atoms with Crippen LogP contribution in [0.3, 0.4) is 0 Å². The predicted octanol–water partition coefficient (Wildman–Crippen LogP) is 6.81. The molecule has 164 valence electrons. The molecule has 8 heteroatoms. The molecule has 2 N–H and O–H groups in total. The van der Waals surface area contributed by atoms with Crippen molar-refractivity contribution in [1.29, 1.82) is 0 Å². The normalized spacial score (nSPS) is 11.7. The van der Waals surface area contributed by atoms with Gasteiger partial charge in [-0.2, -0.15) is 0 Å². The molecular weight excluding hydrogens is 520 g/mol. The van der Waals surface area contributed by atoms with Gasteiger partial charge in [0.2, 0.25) is 0 Å². The van der Waals surface area contributed by atoms with Gasteiger partial charge in [0.15, 0.2) is 0 Å². The first-order valence-electron chi connectivity index (χ1n) is 9.98. The van der Waals surface area contributed by atoms with Crippen molar-refractivity contribution < 1.29 is 13.5 Å². The largest absolute Gasteiger partial charge is 0.506 e. The second kappa shape index (κ2) is 8.70. The molecule has 0 unspecified atom stereocenters. The molecule has 0 saturated carbocycles. The van der Waals surface area contributed by atoms with Gasteiger partial charge in [0, 0.05) is 31.7 Å². The molecule has 4 aromatic carbocycles. The SMILES string of the molecule is O=S(=O)(Nc1cc(Sc2cccc3cccnc23)c(O)c2ccccc12)c1ccccc1Br. The topological polar surface area (TPSA) is 79.3 Å². The van der Waals surface area contributed by atoms with Crippen LogP contribution in [0.1, 0.15) is 0 Å². The summed E-state index contributed by atoms with van der Waals surface area (Å²) in [5.74, 6) is 0.0902. The number of nitrogens with zero attached hydrogens (tertiary/aromatic N) is 1. The van der Waals surface area contributed by atoms with E-state index in [1.54, 1.807) is 48.7 Å². The van der Waals surface area contributed by atoms with Gasteiger partial charge >= 0.3 is 0 Å². The van der Waals surface area contributed by atoms with Crippen LogP contribution in [0.4, 0.5) is 5.69 Å². The number of pyridine rings is 1. The fraction of sp³-hybridized carbons (Fsp3) is 0. The number of aromatic hydroxyl groups is 1. The van der Waals surface area contributed by atoms with Crippen molar-refractivity contribution in [2.75, 3.05) is 4.72 Å². The summed E-state index contributed by atoms with van der Waals surface area (Å²) in [4.78, 5) is 6.00. The van der Waals surface area contributed by atoms with Gasteiger partial charge in [-0.3, -0.25) is 9.71 Å². The predicted molar refractivity (Wildman–Crippen MR) is 136 cm³/mol. The molecule has 5 nitrogen and oxygen atoms in total. The average Bonchev–Trinajstić information content (AvgIpc) is 2.82. The maximum Gasteiger partial charge on any atom is 0.263 e. The van der Waals surface area contributed by atoms with Crippen LogP contribution in [0.15, 0.2) is 110 Å². The lowest BCUT2D eigenvalue weighted by atomic mass is 10.1. The van der Waals surface area contributed by atoms with Crippen LogP contribution in [0.25, 0.3) is 21.7 Å². The Morgan fingerprint density at radius 2 is 1.58 bits per heavy atom. The second-order valence-corrected chi connectivity index (χ2v) is 10.9. The molecule has 0 atom stereocenters. The van der Waals surface area contributed by atoms with Crippen molar-refractivity contribution in [3.8, 4) is 5.75 Å². The number of fused-ring (bicyclic) bond motifs is 2. The minimum absolute atomic E-state index is 0.0902. The van der Waals surface area contributed by atoms with Gasteiger partial charge in [0.1, 0.15) is 10.6 Å². The Kier molecular flexibility index (Phi) is 5.74. The molecule has 33 heavy (non-hydrogen) atoms. The van der Waals surface area contributed by atoms with Gasteiger partial charge in [-0.1, -0.05) is 66.4 Å². The van der Waals surface area contributed by atoms with Gasteiger partial charge in [-0.15, -0.1) is 0 Å². The van der Waals surface area contributed by atoms with E-state index < -0.39 is 10.0 Å². The van der Waals surface area contributed by atoms with E-state index in [0.717, 1.165) is 15.8 Å². The third kappa shape index (κ3) is 4.17. The fourth-order valence-electron chi connectivity index (χ4n) is 3.64. The van der Waals surface area contributed by atoms with Crippen LogP contribution in [-0.4, -0.2) is 18.5 Å². The molecule has 0 saturated heterocycles. The van der Waals surface area contributed by atoms with E-state index in [-0.39, 0.29) is 10.6 Å². The lowest BCUT2D eigenvalue weighted by Gasteiger charge is -2.16. The first-order chi connectivity index (χ1) is 15.9. The Labute approximate surface area is 203 Å². The highest BCUT2D eigenvalue weighted by molar-refractivity contribution is 9.10. The molecule has 1 aromatic heterocycles. The first kappa shape index (κ1) is 21.8. The molecule has 0 aliphatic carbocycles. The van der Waals surface area contributed by atoms with Crippen molar-refractivity contribution in [1.82, 2.24) is 4.98 Å². The molecule has 0 aliphatic rings. The zero-order valence-corrected chi connectivity index (χ0v) is 20.3. The molecule has 0 aliphatic heterocycles. The third-order valence-electron chi connectivity index (χ3n) is 5.17. The van der Waals surface area contributed by atoms with Crippen LogP contribution in [0.5, 0.6) is 5.75 Å². The standard InChI is InChI=1S/C25H17BrN2O3S2/c26-19-11-3-4-13-23(19)33(30,31)28-20-15-22(25(29)18-10-2-1-9-17(18)20)32-21-12-5-7-16-8-6-14-27-24(16)21/h1-15,28-29H. The number of para-hydroxylation sites is 1. The third-order valence-corrected chi connectivity index (χ3v) is 8.63. The van der Waals surface area contributed by atoms with Crippen molar-refractivity contribution in [2.24, 2.45) is 0 Å². The zero-order valence-electron chi connectivity index (χ0n) is 17.1. The smallest absolute Gasteiger partial charge is 0.263 e. The maximum atomic E-state index is 13.2. The minimum Gasteiger partial charge on any atom is -0.506 e. The van der Waals surface area contributed by atoms with Gasteiger partial charge in [0.25, 0.3) is 10.0 Å². The van der Waals surface area contributed by atoms with E-state index in [0.29, 0.717) is 25.8 Å². The van der Waals surface area contributed by atoms with E-state index in [9.17, 15) is 13.5 Å². The number of aromatic nitrogens is 1. The fourth-order valence-corrected chi connectivity index (χ4v) is 6.75. The summed E-state index contributed by atoms with van der Waals surface area (Å²) < 4.78 is 29.5. The van der Waals surface area contributed by atoms with Crippen molar-refractivity contribution in [2.45, 2.75) is 14.7 Å². The Balaban J connectivity index is 1.64. The molecule has 5 rings (SSSR count). The van der Waals surface area contributed by atoms with Crippen LogP contribution in [0.2, 0.25) is 0 Å². The van der Waals surface area contributed by atoms with E-state index in [1.807, 2.05) is 36.4 Å². The summed E-state index contributed by atoms with van der Waals surface area (Å²) in [6.07, 6.45) is 1.73.